The highest BCUT2D eigenvalue weighted by Gasteiger charge is 2.39. The van der Waals surface area contributed by atoms with Crippen molar-refractivity contribution >= 4 is 17.8 Å². The van der Waals surface area contributed by atoms with Crippen LogP contribution in [0.2, 0.25) is 0 Å². The second kappa shape index (κ2) is 7.57. The minimum Gasteiger partial charge on any atom is -0.443 e. The van der Waals surface area contributed by atoms with Crippen LogP contribution in [0.5, 0.6) is 0 Å². The van der Waals surface area contributed by atoms with Crippen LogP contribution >= 0.6 is 0 Å². The van der Waals surface area contributed by atoms with Gasteiger partial charge in [-0.15, -0.1) is 0 Å². The maximum atomic E-state index is 12.3. The fraction of sp³-hybridized carbons (Fsp3) is 0.500. The van der Waals surface area contributed by atoms with Crippen LogP contribution in [0.1, 0.15) is 39.2 Å². The van der Waals surface area contributed by atoms with Gasteiger partial charge in [-0.1, -0.05) is 30.3 Å². The van der Waals surface area contributed by atoms with E-state index in [1.54, 1.807) is 20.8 Å². The Morgan fingerprint density at radius 2 is 1.88 bits per heavy atom. The van der Waals surface area contributed by atoms with Crippen LogP contribution in [-0.2, 0) is 25.7 Å². The number of Topliss-reactive ketones (excluding diaryl/α,β-unsaturated/α-hetero) is 1. The van der Waals surface area contributed by atoms with Crippen LogP contribution in [-0.4, -0.2) is 40.9 Å². The molecule has 1 saturated heterocycles. The molecule has 1 aromatic rings. The molecule has 1 aliphatic heterocycles. The van der Waals surface area contributed by atoms with Gasteiger partial charge in [0.1, 0.15) is 11.4 Å². The minimum atomic E-state index is -0.728. The molecular formula is C18H23NO5. The first-order valence-corrected chi connectivity index (χ1v) is 7.94. The topological polar surface area (TPSA) is 72.9 Å². The third-order valence-corrected chi connectivity index (χ3v) is 3.46. The molecule has 24 heavy (non-hydrogen) atoms. The maximum absolute atomic E-state index is 12.3. The molecule has 0 radical (unpaired) electrons. The average Bonchev–Trinajstić information content (AvgIpc) is 2.45. The fourth-order valence-electron chi connectivity index (χ4n) is 2.47. The lowest BCUT2D eigenvalue weighted by atomic mass is 10.0. The second-order valence-corrected chi connectivity index (χ2v) is 6.82. The number of nitrogens with zero attached hydrogens (tertiary/aromatic N) is 1. The van der Waals surface area contributed by atoms with E-state index in [-0.39, 0.29) is 25.2 Å². The molecule has 6 heteroatoms. The summed E-state index contributed by atoms with van der Waals surface area (Å²) >= 11 is 0. The van der Waals surface area contributed by atoms with E-state index in [2.05, 4.69) is 0 Å². The number of likely N-dealkylation sites (tertiary alicyclic amines) is 1. The summed E-state index contributed by atoms with van der Waals surface area (Å²) in [5, 5.41) is 0. The summed E-state index contributed by atoms with van der Waals surface area (Å²) < 4.78 is 10.9. The molecule has 2 amide bonds. The Hall–Kier alpha value is -2.21. The van der Waals surface area contributed by atoms with E-state index in [1.165, 1.54) is 0 Å². The van der Waals surface area contributed by atoms with Gasteiger partial charge in [0.25, 0.3) is 0 Å². The van der Waals surface area contributed by atoms with Gasteiger partial charge in [-0.3, -0.25) is 9.59 Å². The van der Waals surface area contributed by atoms with Crippen molar-refractivity contribution in [2.24, 2.45) is 0 Å². The lowest BCUT2D eigenvalue weighted by Crippen LogP contribution is -2.53. The average molecular weight is 333 g/mol. The standard InChI is InChI=1S/C18H23NO5/c1-18(2,3)24-17(22)19-14(9-15(20)10-16(19)21)12-23-11-13-7-5-4-6-8-13/h4-8,14H,9-12H2,1-3H3/t14-/m1/s1. The highest BCUT2D eigenvalue weighted by molar-refractivity contribution is 6.06. The zero-order chi connectivity index (χ0) is 17.7. The Morgan fingerprint density at radius 3 is 2.50 bits per heavy atom. The number of carbonyl (C=O) groups excluding carboxylic acids is 3. The predicted molar refractivity (Wildman–Crippen MR) is 87.2 cm³/mol. The molecule has 1 aliphatic rings. The predicted octanol–water partition coefficient (Wildman–Crippen LogP) is 2.70. The van der Waals surface area contributed by atoms with Gasteiger partial charge >= 0.3 is 6.09 Å². The molecule has 0 aromatic heterocycles. The fourth-order valence-corrected chi connectivity index (χ4v) is 2.47. The van der Waals surface area contributed by atoms with Crippen molar-refractivity contribution in [1.29, 1.82) is 0 Å². The smallest absolute Gasteiger partial charge is 0.417 e. The van der Waals surface area contributed by atoms with Crippen LogP contribution in [0.4, 0.5) is 4.79 Å². The Labute approximate surface area is 141 Å². The summed E-state index contributed by atoms with van der Waals surface area (Å²) in [5.74, 6) is -0.720. The van der Waals surface area contributed by atoms with Crippen LogP contribution in [0.3, 0.4) is 0 Å². The molecule has 2 rings (SSSR count). The number of amides is 2. The van der Waals surface area contributed by atoms with E-state index in [1.807, 2.05) is 30.3 Å². The van der Waals surface area contributed by atoms with Crippen molar-refractivity contribution < 1.29 is 23.9 Å². The number of imide groups is 1. The van der Waals surface area contributed by atoms with Crippen LogP contribution in [0, 0.1) is 0 Å². The minimum absolute atomic E-state index is 0.0970. The summed E-state index contributed by atoms with van der Waals surface area (Å²) in [6.07, 6.45) is -0.901. The van der Waals surface area contributed by atoms with Crippen LogP contribution in [0.25, 0.3) is 0 Å². The monoisotopic (exact) mass is 333 g/mol. The number of ether oxygens (including phenoxy) is 2. The largest absolute Gasteiger partial charge is 0.443 e. The summed E-state index contributed by atoms with van der Waals surface area (Å²) in [6, 6.07) is 8.92. The van der Waals surface area contributed by atoms with Gasteiger partial charge in [-0.25, -0.2) is 9.69 Å². The summed E-state index contributed by atoms with van der Waals surface area (Å²) in [7, 11) is 0. The van der Waals surface area contributed by atoms with E-state index in [4.69, 9.17) is 9.47 Å². The summed E-state index contributed by atoms with van der Waals surface area (Å²) in [5.41, 5.74) is 0.267. The van der Waals surface area contributed by atoms with Gasteiger partial charge < -0.3 is 9.47 Å². The Kier molecular flexibility index (Phi) is 5.72. The van der Waals surface area contributed by atoms with Gasteiger partial charge in [-0.05, 0) is 26.3 Å². The van der Waals surface area contributed by atoms with Crippen molar-refractivity contribution in [3.05, 3.63) is 35.9 Å². The zero-order valence-electron chi connectivity index (χ0n) is 14.3. The van der Waals surface area contributed by atoms with Crippen LogP contribution in [0.15, 0.2) is 30.3 Å². The van der Waals surface area contributed by atoms with E-state index >= 15 is 0 Å². The maximum Gasteiger partial charge on any atom is 0.417 e. The molecule has 1 fully saturated rings. The van der Waals surface area contributed by atoms with E-state index in [0.717, 1.165) is 10.5 Å². The molecular weight excluding hydrogens is 310 g/mol. The van der Waals surface area contributed by atoms with Crippen molar-refractivity contribution in [3.8, 4) is 0 Å². The van der Waals surface area contributed by atoms with Gasteiger partial charge in [-0.2, -0.15) is 0 Å². The number of benzene rings is 1. The Balaban J connectivity index is 2.01. The second-order valence-electron chi connectivity index (χ2n) is 6.82. The number of hydrogen-bond acceptors (Lipinski definition) is 5. The molecule has 0 N–H and O–H groups in total. The molecule has 0 unspecified atom stereocenters. The first-order chi connectivity index (χ1) is 11.3. The van der Waals surface area contributed by atoms with E-state index < -0.39 is 23.6 Å². The van der Waals surface area contributed by atoms with Gasteiger partial charge in [0.05, 0.1) is 25.7 Å². The molecule has 1 heterocycles. The number of hydrogen-bond donors (Lipinski definition) is 0. The van der Waals surface area contributed by atoms with Crippen molar-refractivity contribution in [2.75, 3.05) is 6.61 Å². The highest BCUT2D eigenvalue weighted by atomic mass is 16.6. The molecule has 6 nitrogen and oxygen atoms in total. The molecule has 0 saturated carbocycles. The number of piperidine rings is 1. The van der Waals surface area contributed by atoms with Crippen molar-refractivity contribution in [1.82, 2.24) is 4.90 Å². The van der Waals surface area contributed by atoms with Crippen molar-refractivity contribution in [3.63, 3.8) is 0 Å². The first-order valence-electron chi connectivity index (χ1n) is 7.94. The lowest BCUT2D eigenvalue weighted by molar-refractivity contribution is -0.143. The number of ketones is 1. The molecule has 1 atom stereocenters. The van der Waals surface area contributed by atoms with Crippen LogP contribution < -0.4 is 0 Å². The molecule has 1 aromatic carbocycles. The number of rotatable bonds is 4. The zero-order valence-corrected chi connectivity index (χ0v) is 14.3. The first kappa shape index (κ1) is 18.1. The number of carbonyl (C=O) groups is 3. The summed E-state index contributed by atoms with van der Waals surface area (Å²) in [6.45, 7) is 5.63. The quantitative estimate of drug-likeness (QED) is 0.792. The van der Waals surface area contributed by atoms with Gasteiger partial charge in [0.15, 0.2) is 0 Å². The van der Waals surface area contributed by atoms with E-state index in [0.29, 0.717) is 6.61 Å². The van der Waals surface area contributed by atoms with E-state index in [9.17, 15) is 14.4 Å². The third-order valence-electron chi connectivity index (χ3n) is 3.46. The third kappa shape index (κ3) is 5.16. The van der Waals surface area contributed by atoms with Gasteiger partial charge in [0, 0.05) is 6.42 Å². The molecule has 0 aliphatic carbocycles. The normalized spacial score (nSPS) is 18.6. The summed E-state index contributed by atoms with van der Waals surface area (Å²) in [4.78, 5) is 37.2. The SMILES string of the molecule is CC(C)(C)OC(=O)N1C(=O)CC(=O)C[C@@H]1COCc1ccccc1. The van der Waals surface area contributed by atoms with Crippen molar-refractivity contribution in [2.45, 2.75) is 51.9 Å². The Bertz CT molecular complexity index is 606. The lowest BCUT2D eigenvalue weighted by Gasteiger charge is -2.34. The highest BCUT2D eigenvalue weighted by Crippen LogP contribution is 2.20. The molecule has 130 valence electrons. The Morgan fingerprint density at radius 1 is 1.21 bits per heavy atom. The van der Waals surface area contributed by atoms with Gasteiger partial charge in [0.2, 0.25) is 5.91 Å². The molecule has 0 spiro atoms. The molecule has 0 bridgehead atoms.